The van der Waals surface area contributed by atoms with Crippen LogP contribution in [0.25, 0.3) is 0 Å². The Morgan fingerprint density at radius 1 is 1.33 bits per heavy atom. The number of nitrogens with two attached hydrogens (primary N) is 1. The molecule has 0 aliphatic carbocycles. The largest absolute Gasteiger partial charge is 0.418 e. The van der Waals surface area contributed by atoms with Crippen LogP contribution in [0.15, 0.2) is 29.1 Å². The molecule has 1 heterocycles. The van der Waals surface area contributed by atoms with Gasteiger partial charge in [0, 0.05) is 11.4 Å². The van der Waals surface area contributed by atoms with Crippen LogP contribution in [-0.2, 0) is 12.7 Å². The minimum absolute atomic E-state index is 0.0312. The molecular weight excluding hydrogens is 249 g/mol. The van der Waals surface area contributed by atoms with Gasteiger partial charge in [0.2, 0.25) is 6.39 Å². The van der Waals surface area contributed by atoms with Crippen molar-refractivity contribution in [2.75, 3.05) is 11.1 Å². The van der Waals surface area contributed by atoms with Gasteiger partial charge in [0.05, 0.1) is 12.1 Å². The third-order valence-electron chi connectivity index (χ3n) is 2.19. The number of nitrogen functional groups attached to an aromatic ring is 1. The van der Waals surface area contributed by atoms with Crippen molar-refractivity contribution in [3.8, 4) is 0 Å². The lowest BCUT2D eigenvalue weighted by Gasteiger charge is -2.14. The maximum absolute atomic E-state index is 12.7. The smallest absolute Gasteiger partial charge is 0.399 e. The first kappa shape index (κ1) is 12.2. The molecule has 2 rings (SSSR count). The Balaban J connectivity index is 2.22. The summed E-state index contributed by atoms with van der Waals surface area (Å²) < 4.78 is 42.7. The van der Waals surface area contributed by atoms with Gasteiger partial charge in [-0.25, -0.2) is 0 Å². The number of nitrogens with zero attached hydrogens (tertiary/aromatic N) is 2. The van der Waals surface area contributed by atoms with E-state index in [9.17, 15) is 13.2 Å². The number of halogens is 3. The van der Waals surface area contributed by atoms with Crippen molar-refractivity contribution in [1.29, 1.82) is 0 Å². The number of hydrogen-bond donors (Lipinski definition) is 2. The molecule has 0 spiro atoms. The summed E-state index contributed by atoms with van der Waals surface area (Å²) in [5, 5.41) is 6.08. The van der Waals surface area contributed by atoms with E-state index in [2.05, 4.69) is 20.0 Å². The highest BCUT2D eigenvalue weighted by Crippen LogP contribution is 2.36. The molecule has 0 saturated carbocycles. The van der Waals surface area contributed by atoms with Gasteiger partial charge in [0.15, 0.2) is 5.82 Å². The molecule has 0 radical (unpaired) electrons. The summed E-state index contributed by atoms with van der Waals surface area (Å²) in [6.45, 7) is 0.0312. The molecule has 8 heteroatoms. The van der Waals surface area contributed by atoms with Crippen LogP contribution in [0.3, 0.4) is 0 Å². The summed E-state index contributed by atoms with van der Waals surface area (Å²) in [5.74, 6) is 0.264. The summed E-state index contributed by atoms with van der Waals surface area (Å²) in [6.07, 6.45) is -3.38. The Labute approximate surface area is 99.8 Å². The van der Waals surface area contributed by atoms with E-state index in [0.717, 1.165) is 12.5 Å². The number of rotatable bonds is 3. The summed E-state index contributed by atoms with van der Waals surface area (Å²) in [5.41, 5.74) is 4.49. The second kappa shape index (κ2) is 4.55. The Bertz CT molecular complexity index is 524. The zero-order valence-corrected chi connectivity index (χ0v) is 9.03. The average molecular weight is 258 g/mol. The first-order chi connectivity index (χ1) is 8.47. The highest BCUT2D eigenvalue weighted by Gasteiger charge is 2.33. The Hall–Kier alpha value is -2.25. The van der Waals surface area contributed by atoms with E-state index in [1.54, 1.807) is 0 Å². The predicted molar refractivity (Wildman–Crippen MR) is 57.5 cm³/mol. The van der Waals surface area contributed by atoms with E-state index in [1.807, 2.05) is 0 Å². The lowest BCUT2D eigenvalue weighted by Crippen LogP contribution is -2.12. The first-order valence-corrected chi connectivity index (χ1v) is 4.92. The van der Waals surface area contributed by atoms with Gasteiger partial charge in [-0.1, -0.05) is 5.16 Å². The van der Waals surface area contributed by atoms with Gasteiger partial charge in [-0.2, -0.15) is 18.2 Å². The molecular formula is C10H9F3N4O. The van der Waals surface area contributed by atoms with Crippen LogP contribution < -0.4 is 11.1 Å². The highest BCUT2D eigenvalue weighted by molar-refractivity contribution is 5.59. The quantitative estimate of drug-likeness (QED) is 0.826. The van der Waals surface area contributed by atoms with Crippen molar-refractivity contribution >= 4 is 11.4 Å². The number of alkyl halides is 3. The summed E-state index contributed by atoms with van der Waals surface area (Å²) in [4.78, 5) is 3.69. The van der Waals surface area contributed by atoms with Crippen molar-refractivity contribution in [2.24, 2.45) is 0 Å². The van der Waals surface area contributed by atoms with Crippen LogP contribution in [-0.4, -0.2) is 10.1 Å². The molecule has 5 nitrogen and oxygen atoms in total. The van der Waals surface area contributed by atoms with E-state index in [0.29, 0.717) is 0 Å². The second-order valence-electron chi connectivity index (χ2n) is 3.50. The molecule has 0 atom stereocenters. The second-order valence-corrected chi connectivity index (χ2v) is 3.50. The lowest BCUT2D eigenvalue weighted by atomic mass is 10.1. The van der Waals surface area contributed by atoms with Gasteiger partial charge in [-0.15, -0.1) is 0 Å². The Morgan fingerprint density at radius 3 is 2.72 bits per heavy atom. The molecule has 0 fully saturated rings. The van der Waals surface area contributed by atoms with Crippen LogP contribution in [0.4, 0.5) is 24.5 Å². The van der Waals surface area contributed by atoms with Crippen molar-refractivity contribution in [3.63, 3.8) is 0 Å². The fourth-order valence-electron chi connectivity index (χ4n) is 1.40. The number of benzene rings is 1. The molecule has 3 N–H and O–H groups in total. The normalized spacial score (nSPS) is 11.5. The van der Waals surface area contributed by atoms with Gasteiger partial charge in [-0.05, 0) is 18.2 Å². The molecule has 18 heavy (non-hydrogen) atoms. The number of hydrogen-bond acceptors (Lipinski definition) is 5. The topological polar surface area (TPSA) is 77.0 Å². The Morgan fingerprint density at radius 2 is 2.11 bits per heavy atom. The third kappa shape index (κ3) is 2.70. The number of nitrogens with one attached hydrogen (secondary N) is 1. The average Bonchev–Trinajstić information content (AvgIpc) is 2.79. The maximum Gasteiger partial charge on any atom is 0.418 e. The van der Waals surface area contributed by atoms with Gasteiger partial charge < -0.3 is 15.6 Å². The van der Waals surface area contributed by atoms with E-state index >= 15 is 0 Å². The van der Waals surface area contributed by atoms with Crippen LogP contribution in [0.2, 0.25) is 0 Å². The molecule has 0 aliphatic rings. The molecule has 96 valence electrons. The molecule has 2 aromatic rings. The molecule has 0 unspecified atom stereocenters. The molecule has 0 aliphatic heterocycles. The van der Waals surface area contributed by atoms with E-state index < -0.39 is 11.7 Å². The molecule has 0 bridgehead atoms. The monoisotopic (exact) mass is 258 g/mol. The van der Waals surface area contributed by atoms with E-state index in [4.69, 9.17) is 5.73 Å². The predicted octanol–water partition coefficient (Wildman–Crippen LogP) is 2.28. The SMILES string of the molecule is Nc1ccc(NCc2ncon2)c(C(F)(F)F)c1. The highest BCUT2D eigenvalue weighted by atomic mass is 19.4. The van der Waals surface area contributed by atoms with Crippen LogP contribution in [0, 0.1) is 0 Å². The number of anilines is 2. The van der Waals surface area contributed by atoms with Gasteiger partial charge >= 0.3 is 6.18 Å². The molecule has 1 aromatic carbocycles. The van der Waals surface area contributed by atoms with E-state index in [-0.39, 0.29) is 23.7 Å². The summed E-state index contributed by atoms with van der Waals surface area (Å²) in [6, 6.07) is 3.52. The first-order valence-electron chi connectivity index (χ1n) is 4.92. The molecule has 1 aromatic heterocycles. The van der Waals surface area contributed by atoms with Crippen molar-refractivity contribution in [2.45, 2.75) is 12.7 Å². The fraction of sp³-hybridized carbons (Fsp3) is 0.200. The Kier molecular flexibility index (Phi) is 3.09. The minimum atomic E-state index is -4.48. The van der Waals surface area contributed by atoms with Crippen LogP contribution in [0.1, 0.15) is 11.4 Å². The lowest BCUT2D eigenvalue weighted by molar-refractivity contribution is -0.136. The fourth-order valence-corrected chi connectivity index (χ4v) is 1.40. The van der Waals surface area contributed by atoms with Crippen molar-refractivity contribution < 1.29 is 17.7 Å². The van der Waals surface area contributed by atoms with Gasteiger partial charge in [-0.3, -0.25) is 0 Å². The zero-order chi connectivity index (χ0) is 13.2. The van der Waals surface area contributed by atoms with Crippen molar-refractivity contribution in [3.05, 3.63) is 36.0 Å². The van der Waals surface area contributed by atoms with Crippen molar-refractivity contribution in [1.82, 2.24) is 10.1 Å². The minimum Gasteiger partial charge on any atom is -0.399 e. The van der Waals surface area contributed by atoms with Gasteiger partial charge in [0.25, 0.3) is 0 Å². The van der Waals surface area contributed by atoms with Crippen LogP contribution in [0.5, 0.6) is 0 Å². The zero-order valence-electron chi connectivity index (χ0n) is 9.03. The van der Waals surface area contributed by atoms with E-state index in [1.165, 1.54) is 12.1 Å². The molecule has 0 amide bonds. The standard InChI is InChI=1S/C10H9F3N4O/c11-10(12,13)7-3-6(14)1-2-8(7)15-4-9-16-5-18-17-9/h1-3,5,15H,4,14H2. The van der Waals surface area contributed by atoms with Gasteiger partial charge in [0.1, 0.15) is 0 Å². The maximum atomic E-state index is 12.7. The summed E-state index contributed by atoms with van der Waals surface area (Å²) in [7, 11) is 0. The molecule has 0 saturated heterocycles. The third-order valence-corrected chi connectivity index (χ3v) is 2.19. The van der Waals surface area contributed by atoms with Crippen LogP contribution >= 0.6 is 0 Å². The summed E-state index contributed by atoms with van der Waals surface area (Å²) >= 11 is 0. The number of aromatic nitrogens is 2.